The number of aliphatic hydroxyl groups excluding tert-OH is 1. The lowest BCUT2D eigenvalue weighted by Gasteiger charge is -2.37. The second-order valence-electron chi connectivity index (χ2n) is 10.9. The fraction of sp³-hybridized carbons (Fsp3) is 0.680. The van der Waals surface area contributed by atoms with Crippen molar-refractivity contribution in [3.8, 4) is 0 Å². The third kappa shape index (κ3) is 5.40. The molecule has 0 spiro atoms. The van der Waals surface area contributed by atoms with Gasteiger partial charge in [-0.1, -0.05) is 45.0 Å². The summed E-state index contributed by atoms with van der Waals surface area (Å²) < 4.78 is 5.46. The van der Waals surface area contributed by atoms with Gasteiger partial charge in [0, 0.05) is 19.6 Å². The van der Waals surface area contributed by atoms with Crippen LogP contribution in [0.5, 0.6) is 0 Å². The van der Waals surface area contributed by atoms with E-state index in [4.69, 9.17) is 4.74 Å². The van der Waals surface area contributed by atoms with E-state index in [1.54, 1.807) is 20.8 Å². The zero-order valence-electron chi connectivity index (χ0n) is 19.9. The molecule has 0 radical (unpaired) electrons. The van der Waals surface area contributed by atoms with Crippen molar-refractivity contribution in [2.45, 2.75) is 89.9 Å². The van der Waals surface area contributed by atoms with Crippen LogP contribution in [0.4, 0.5) is 4.79 Å². The van der Waals surface area contributed by atoms with Gasteiger partial charge in [-0.2, -0.15) is 0 Å². The van der Waals surface area contributed by atoms with Gasteiger partial charge in [0.25, 0.3) is 0 Å². The van der Waals surface area contributed by atoms with Crippen LogP contribution < -0.4 is 0 Å². The predicted molar refractivity (Wildman–Crippen MR) is 121 cm³/mol. The molecule has 0 bridgehead atoms. The molecular formula is C25H38N2O4. The molecule has 1 aromatic carbocycles. The summed E-state index contributed by atoms with van der Waals surface area (Å²) in [5.41, 5.74) is 2.17. The number of carbonyl (C=O) groups is 2. The molecule has 1 aromatic rings. The average molecular weight is 431 g/mol. The SMILES string of the molecule is CC(C)(C)OC(=O)N1CC[C@H](O)[C@@H]1C(=O)N1CCC(c2ccccc2C(C)(C)C)CC1. The van der Waals surface area contributed by atoms with Gasteiger partial charge in [-0.15, -0.1) is 0 Å². The van der Waals surface area contributed by atoms with E-state index in [0.717, 1.165) is 12.8 Å². The number of nitrogens with zero attached hydrogens (tertiary/aromatic N) is 2. The van der Waals surface area contributed by atoms with E-state index in [0.29, 0.717) is 32.0 Å². The molecular weight excluding hydrogens is 392 g/mol. The topological polar surface area (TPSA) is 70.1 Å². The summed E-state index contributed by atoms with van der Waals surface area (Å²) in [7, 11) is 0. The maximum Gasteiger partial charge on any atom is 0.411 e. The van der Waals surface area contributed by atoms with Crippen molar-refractivity contribution in [1.29, 1.82) is 0 Å². The molecule has 0 unspecified atom stereocenters. The van der Waals surface area contributed by atoms with Crippen molar-refractivity contribution in [3.63, 3.8) is 0 Å². The number of hydrogen-bond donors (Lipinski definition) is 1. The van der Waals surface area contributed by atoms with Crippen LogP contribution in [-0.4, -0.2) is 64.3 Å². The number of rotatable bonds is 2. The van der Waals surface area contributed by atoms with Crippen LogP contribution in [0.15, 0.2) is 24.3 Å². The van der Waals surface area contributed by atoms with Gasteiger partial charge in [0.15, 0.2) is 0 Å². The Labute approximate surface area is 186 Å². The fourth-order valence-corrected chi connectivity index (χ4v) is 4.73. The highest BCUT2D eigenvalue weighted by molar-refractivity contribution is 5.87. The lowest BCUT2D eigenvalue weighted by Crippen LogP contribution is -2.53. The summed E-state index contributed by atoms with van der Waals surface area (Å²) >= 11 is 0. The van der Waals surface area contributed by atoms with E-state index in [9.17, 15) is 14.7 Å². The predicted octanol–water partition coefficient (Wildman–Crippen LogP) is 4.06. The highest BCUT2D eigenvalue weighted by atomic mass is 16.6. The monoisotopic (exact) mass is 430 g/mol. The van der Waals surface area contributed by atoms with Gasteiger partial charge >= 0.3 is 6.09 Å². The summed E-state index contributed by atoms with van der Waals surface area (Å²) in [6, 6.07) is 7.76. The van der Waals surface area contributed by atoms with E-state index in [1.165, 1.54) is 16.0 Å². The Morgan fingerprint density at radius 2 is 1.58 bits per heavy atom. The normalized spacial score (nSPS) is 23.2. The van der Waals surface area contributed by atoms with Crippen molar-refractivity contribution in [2.75, 3.05) is 19.6 Å². The van der Waals surface area contributed by atoms with Crippen LogP contribution in [-0.2, 0) is 14.9 Å². The van der Waals surface area contributed by atoms with Gasteiger partial charge in [0.05, 0.1) is 6.10 Å². The van der Waals surface area contributed by atoms with E-state index in [1.807, 2.05) is 4.90 Å². The lowest BCUT2D eigenvalue weighted by molar-refractivity contribution is -0.139. The van der Waals surface area contributed by atoms with Crippen LogP contribution in [0, 0.1) is 0 Å². The Kier molecular flexibility index (Phi) is 6.70. The first-order valence-electron chi connectivity index (χ1n) is 11.4. The first kappa shape index (κ1) is 23.6. The number of carbonyl (C=O) groups excluding carboxylic acids is 2. The number of benzene rings is 1. The van der Waals surface area contributed by atoms with Crippen molar-refractivity contribution < 1.29 is 19.4 Å². The molecule has 31 heavy (non-hydrogen) atoms. The number of hydrogen-bond acceptors (Lipinski definition) is 4. The van der Waals surface area contributed by atoms with Crippen LogP contribution >= 0.6 is 0 Å². The Morgan fingerprint density at radius 3 is 2.16 bits per heavy atom. The highest BCUT2D eigenvalue weighted by Gasteiger charge is 2.45. The highest BCUT2D eigenvalue weighted by Crippen LogP contribution is 2.36. The Bertz CT molecular complexity index is 800. The molecule has 3 rings (SSSR count). The van der Waals surface area contributed by atoms with Crippen LogP contribution in [0.3, 0.4) is 0 Å². The van der Waals surface area contributed by atoms with Crippen molar-refractivity contribution >= 4 is 12.0 Å². The van der Waals surface area contributed by atoms with Gasteiger partial charge in [0.1, 0.15) is 11.6 Å². The van der Waals surface area contributed by atoms with Crippen LogP contribution in [0.25, 0.3) is 0 Å². The lowest BCUT2D eigenvalue weighted by atomic mass is 9.77. The standard InChI is InChI=1S/C25H38N2O4/c1-24(2,3)19-10-8-7-9-18(19)17-11-14-26(15-12-17)22(29)21-20(28)13-16-27(21)23(30)31-25(4,5)6/h7-10,17,20-21,28H,11-16H2,1-6H3/t20-,21+/m0/s1. The van der Waals surface area contributed by atoms with Crippen LogP contribution in [0.1, 0.15) is 77.8 Å². The molecule has 6 heteroatoms. The zero-order valence-corrected chi connectivity index (χ0v) is 19.9. The number of amides is 2. The molecule has 2 heterocycles. The molecule has 2 atom stereocenters. The van der Waals surface area contributed by atoms with Gasteiger partial charge in [-0.05, 0) is 62.5 Å². The zero-order chi connectivity index (χ0) is 23.0. The Balaban J connectivity index is 1.68. The molecule has 0 saturated carbocycles. The maximum absolute atomic E-state index is 13.3. The number of piperidine rings is 1. The molecule has 0 aromatic heterocycles. The van der Waals surface area contributed by atoms with Gasteiger partial charge in [-0.3, -0.25) is 9.69 Å². The minimum atomic E-state index is -0.853. The summed E-state index contributed by atoms with van der Waals surface area (Å²) in [6.45, 7) is 13.7. The molecule has 172 valence electrons. The second kappa shape index (κ2) is 8.81. The fourth-order valence-electron chi connectivity index (χ4n) is 4.73. The van der Waals surface area contributed by atoms with Crippen LogP contribution in [0.2, 0.25) is 0 Å². The van der Waals surface area contributed by atoms with E-state index in [2.05, 4.69) is 45.0 Å². The molecule has 2 aliphatic heterocycles. The summed E-state index contributed by atoms with van der Waals surface area (Å²) in [6.07, 6.45) is 0.781. The van der Waals surface area contributed by atoms with Gasteiger partial charge in [-0.25, -0.2) is 4.79 Å². The molecule has 2 fully saturated rings. The molecule has 2 aliphatic rings. The van der Waals surface area contributed by atoms with Gasteiger partial charge in [0.2, 0.25) is 5.91 Å². The Morgan fingerprint density at radius 1 is 0.968 bits per heavy atom. The van der Waals surface area contributed by atoms with Crippen molar-refractivity contribution in [3.05, 3.63) is 35.4 Å². The average Bonchev–Trinajstić information content (AvgIpc) is 3.07. The quantitative estimate of drug-likeness (QED) is 0.768. The third-order valence-corrected chi connectivity index (χ3v) is 6.26. The minimum Gasteiger partial charge on any atom is -0.444 e. The number of aliphatic hydroxyl groups is 1. The van der Waals surface area contributed by atoms with Gasteiger partial charge < -0.3 is 14.7 Å². The Hall–Kier alpha value is -2.08. The maximum atomic E-state index is 13.3. The summed E-state index contributed by atoms with van der Waals surface area (Å²) in [5.74, 6) is 0.244. The van der Waals surface area contributed by atoms with Crippen molar-refractivity contribution in [1.82, 2.24) is 9.80 Å². The van der Waals surface area contributed by atoms with Crippen molar-refractivity contribution in [2.24, 2.45) is 0 Å². The molecule has 6 nitrogen and oxygen atoms in total. The minimum absolute atomic E-state index is 0.0748. The number of ether oxygens (including phenoxy) is 1. The number of likely N-dealkylation sites (tertiary alicyclic amines) is 2. The largest absolute Gasteiger partial charge is 0.444 e. The molecule has 1 N–H and O–H groups in total. The molecule has 2 saturated heterocycles. The first-order valence-corrected chi connectivity index (χ1v) is 11.4. The van der Waals surface area contributed by atoms with E-state index in [-0.39, 0.29) is 11.3 Å². The second-order valence-corrected chi connectivity index (χ2v) is 10.9. The third-order valence-electron chi connectivity index (χ3n) is 6.26. The smallest absolute Gasteiger partial charge is 0.411 e. The summed E-state index contributed by atoms with van der Waals surface area (Å²) in [4.78, 5) is 29.1. The molecule has 2 amide bonds. The van der Waals surface area contributed by atoms with E-state index < -0.39 is 23.8 Å². The summed E-state index contributed by atoms with van der Waals surface area (Å²) in [5, 5.41) is 10.5. The molecule has 0 aliphatic carbocycles. The first-order chi connectivity index (χ1) is 14.4. The van der Waals surface area contributed by atoms with E-state index >= 15 is 0 Å².